The number of nitrogens with one attached hydrogen (secondary N) is 1. The molecule has 0 saturated carbocycles. The maximum absolute atomic E-state index is 5.95. The molecule has 0 fully saturated rings. The number of anilines is 1. The molecule has 0 radical (unpaired) electrons. The van der Waals surface area contributed by atoms with Gasteiger partial charge in [-0.05, 0) is 0 Å². The molecule has 0 bridgehead atoms. The molecule has 2 heterocycles. The third kappa shape index (κ3) is 3.38. The van der Waals surface area contributed by atoms with Gasteiger partial charge in [-0.15, -0.1) is 11.3 Å². The average Bonchev–Trinajstić information content (AvgIpc) is 2.78. The maximum atomic E-state index is 5.95. The number of rotatable bonds is 4. The lowest BCUT2D eigenvalue weighted by molar-refractivity contribution is 0.774. The van der Waals surface area contributed by atoms with Crippen molar-refractivity contribution in [1.29, 1.82) is 0 Å². The number of thiazole rings is 1. The molecule has 0 atom stereocenters. The number of halogens is 1. The highest BCUT2D eigenvalue weighted by Crippen LogP contribution is 2.17. The van der Waals surface area contributed by atoms with E-state index < -0.39 is 0 Å². The fourth-order valence-corrected chi connectivity index (χ4v) is 2.04. The highest BCUT2D eigenvalue weighted by Gasteiger charge is 2.07. The summed E-state index contributed by atoms with van der Waals surface area (Å²) in [4.78, 5) is 12.8. The Labute approximate surface area is 109 Å². The molecule has 90 valence electrons. The highest BCUT2D eigenvalue weighted by molar-refractivity contribution is 7.09. The molecule has 2 aromatic rings. The molecule has 0 saturated heterocycles. The van der Waals surface area contributed by atoms with Crippen molar-refractivity contribution in [1.82, 2.24) is 15.0 Å². The van der Waals surface area contributed by atoms with E-state index in [1.54, 1.807) is 23.6 Å². The molecule has 0 unspecified atom stereocenters. The van der Waals surface area contributed by atoms with Gasteiger partial charge in [0.15, 0.2) is 0 Å². The average molecular weight is 269 g/mol. The fourth-order valence-electron chi connectivity index (χ4n) is 1.29. The molecule has 0 spiro atoms. The molecule has 0 aliphatic heterocycles. The molecule has 1 N–H and O–H groups in total. The summed E-state index contributed by atoms with van der Waals surface area (Å²) in [5.74, 6) is 1.75. The van der Waals surface area contributed by atoms with Crippen molar-refractivity contribution in [2.75, 3.05) is 5.32 Å². The van der Waals surface area contributed by atoms with E-state index in [2.05, 4.69) is 20.3 Å². The Morgan fingerprint density at radius 1 is 1.41 bits per heavy atom. The van der Waals surface area contributed by atoms with Crippen LogP contribution in [0, 0.1) is 0 Å². The van der Waals surface area contributed by atoms with Crippen LogP contribution in [-0.4, -0.2) is 15.0 Å². The van der Waals surface area contributed by atoms with Gasteiger partial charge in [0.05, 0.1) is 6.54 Å². The minimum Gasteiger partial charge on any atom is -0.363 e. The lowest BCUT2D eigenvalue weighted by Gasteiger charge is -2.08. The highest BCUT2D eigenvalue weighted by atomic mass is 35.5. The lowest BCUT2D eigenvalue weighted by Crippen LogP contribution is -2.05. The van der Waals surface area contributed by atoms with Gasteiger partial charge < -0.3 is 5.32 Å². The molecule has 0 aliphatic rings. The third-order valence-electron chi connectivity index (χ3n) is 2.13. The molecule has 17 heavy (non-hydrogen) atoms. The van der Waals surface area contributed by atoms with Crippen LogP contribution in [0.25, 0.3) is 0 Å². The van der Waals surface area contributed by atoms with Crippen molar-refractivity contribution in [3.63, 3.8) is 0 Å². The van der Waals surface area contributed by atoms with E-state index >= 15 is 0 Å². The van der Waals surface area contributed by atoms with E-state index in [0.29, 0.717) is 11.7 Å². The summed E-state index contributed by atoms with van der Waals surface area (Å²) in [5.41, 5.74) is 0. The minimum absolute atomic E-state index is 0.258. The van der Waals surface area contributed by atoms with Gasteiger partial charge in [-0.1, -0.05) is 25.4 Å². The summed E-state index contributed by atoms with van der Waals surface area (Å²) in [6, 6.07) is 1.72. The molecule has 2 aromatic heterocycles. The molecule has 2 rings (SSSR count). The Balaban J connectivity index is 2.10. The molecule has 0 aromatic carbocycles. The van der Waals surface area contributed by atoms with Crippen LogP contribution in [0.3, 0.4) is 0 Å². The Morgan fingerprint density at radius 2 is 2.24 bits per heavy atom. The third-order valence-corrected chi connectivity index (χ3v) is 3.11. The second-order valence-corrected chi connectivity index (χ2v) is 5.23. The van der Waals surface area contributed by atoms with E-state index in [1.807, 2.05) is 19.2 Å². The number of hydrogen-bond donors (Lipinski definition) is 1. The Morgan fingerprint density at radius 3 is 2.88 bits per heavy atom. The van der Waals surface area contributed by atoms with E-state index in [4.69, 9.17) is 11.6 Å². The zero-order chi connectivity index (χ0) is 12.3. The fraction of sp³-hybridized carbons (Fsp3) is 0.364. The Kier molecular flexibility index (Phi) is 3.91. The zero-order valence-electron chi connectivity index (χ0n) is 9.64. The molecule has 4 nitrogen and oxygen atoms in total. The van der Waals surface area contributed by atoms with Gasteiger partial charge in [0.2, 0.25) is 0 Å². The summed E-state index contributed by atoms with van der Waals surface area (Å²) in [6.07, 6.45) is 1.79. The van der Waals surface area contributed by atoms with Crippen molar-refractivity contribution in [2.24, 2.45) is 0 Å². The smallest absolute Gasteiger partial charge is 0.135 e. The molecular weight excluding hydrogens is 256 g/mol. The van der Waals surface area contributed by atoms with E-state index in [0.717, 1.165) is 16.6 Å². The molecule has 6 heteroatoms. The van der Waals surface area contributed by atoms with Crippen molar-refractivity contribution < 1.29 is 0 Å². The maximum Gasteiger partial charge on any atom is 0.135 e. The van der Waals surface area contributed by atoms with Crippen molar-refractivity contribution in [3.05, 3.63) is 33.6 Å². The molecule has 0 amide bonds. The molecule has 0 aliphatic carbocycles. The van der Waals surface area contributed by atoms with Gasteiger partial charge in [-0.25, -0.2) is 15.0 Å². The van der Waals surface area contributed by atoms with Crippen LogP contribution < -0.4 is 5.32 Å². The zero-order valence-corrected chi connectivity index (χ0v) is 11.2. The first-order chi connectivity index (χ1) is 8.15. The van der Waals surface area contributed by atoms with Crippen molar-refractivity contribution in [2.45, 2.75) is 26.3 Å². The first-order valence-electron chi connectivity index (χ1n) is 5.32. The van der Waals surface area contributed by atoms with E-state index in [-0.39, 0.29) is 5.92 Å². The summed E-state index contributed by atoms with van der Waals surface area (Å²) in [7, 11) is 0. The summed E-state index contributed by atoms with van der Waals surface area (Å²) >= 11 is 7.56. The molecular formula is C11H13ClN4S. The first kappa shape index (κ1) is 12.3. The topological polar surface area (TPSA) is 50.7 Å². The van der Waals surface area contributed by atoms with Crippen LogP contribution >= 0.6 is 22.9 Å². The number of hydrogen-bond acceptors (Lipinski definition) is 5. The monoisotopic (exact) mass is 268 g/mol. The van der Waals surface area contributed by atoms with Crippen LogP contribution in [0.2, 0.25) is 5.15 Å². The quantitative estimate of drug-likeness (QED) is 0.865. The Bertz CT molecular complexity index is 484. The SMILES string of the molecule is CC(C)c1nc(Cl)cc(NCc2nccs2)n1. The largest absolute Gasteiger partial charge is 0.363 e. The number of nitrogens with zero attached hydrogens (tertiary/aromatic N) is 3. The summed E-state index contributed by atoms with van der Waals surface area (Å²) in [5, 5.41) is 6.63. The van der Waals surface area contributed by atoms with Crippen LogP contribution in [0.1, 0.15) is 30.6 Å². The van der Waals surface area contributed by atoms with E-state index in [1.165, 1.54) is 0 Å². The van der Waals surface area contributed by atoms with Crippen molar-refractivity contribution in [3.8, 4) is 0 Å². The van der Waals surface area contributed by atoms with Gasteiger partial charge in [-0.3, -0.25) is 0 Å². The van der Waals surface area contributed by atoms with Gasteiger partial charge in [-0.2, -0.15) is 0 Å². The second kappa shape index (κ2) is 5.42. The lowest BCUT2D eigenvalue weighted by atomic mass is 10.2. The van der Waals surface area contributed by atoms with Crippen molar-refractivity contribution >= 4 is 28.8 Å². The second-order valence-electron chi connectivity index (χ2n) is 3.87. The van der Waals surface area contributed by atoms with E-state index in [9.17, 15) is 0 Å². The predicted molar refractivity (Wildman–Crippen MR) is 70.6 cm³/mol. The standard InChI is InChI=1S/C11H13ClN4S/c1-7(2)11-15-8(12)5-9(16-11)14-6-10-13-3-4-17-10/h3-5,7H,6H2,1-2H3,(H,14,15,16). The summed E-state index contributed by atoms with van der Waals surface area (Å²) < 4.78 is 0. The van der Waals surface area contributed by atoms with Gasteiger partial charge >= 0.3 is 0 Å². The predicted octanol–water partition coefficient (Wildman–Crippen LogP) is 3.32. The minimum atomic E-state index is 0.258. The Hall–Kier alpha value is -1.20. The number of aromatic nitrogens is 3. The van der Waals surface area contributed by atoms with Crippen LogP contribution in [0.15, 0.2) is 17.6 Å². The van der Waals surface area contributed by atoms with Gasteiger partial charge in [0, 0.05) is 23.6 Å². The van der Waals surface area contributed by atoms with Gasteiger partial charge in [0.1, 0.15) is 21.8 Å². The first-order valence-corrected chi connectivity index (χ1v) is 6.57. The van der Waals surface area contributed by atoms with Crippen LogP contribution in [0.4, 0.5) is 5.82 Å². The van der Waals surface area contributed by atoms with Crippen LogP contribution in [0.5, 0.6) is 0 Å². The normalized spacial score (nSPS) is 10.8. The van der Waals surface area contributed by atoms with Crippen LogP contribution in [-0.2, 0) is 6.54 Å². The summed E-state index contributed by atoms with van der Waals surface area (Å²) in [6.45, 7) is 4.73. The van der Waals surface area contributed by atoms with Gasteiger partial charge in [0.25, 0.3) is 0 Å².